The van der Waals surface area contributed by atoms with Crippen LogP contribution in [0, 0.1) is 0 Å². The Morgan fingerprint density at radius 2 is 1.94 bits per heavy atom. The maximum Gasteiger partial charge on any atom is 0.278 e. The third-order valence-electron chi connectivity index (χ3n) is 5.13. The van der Waals surface area contributed by atoms with E-state index in [9.17, 15) is 4.79 Å². The van der Waals surface area contributed by atoms with Gasteiger partial charge in [-0.25, -0.2) is 9.98 Å². The summed E-state index contributed by atoms with van der Waals surface area (Å²) in [5, 5.41) is 0. The van der Waals surface area contributed by atoms with Crippen molar-refractivity contribution >= 4 is 28.9 Å². The van der Waals surface area contributed by atoms with E-state index in [0.29, 0.717) is 30.3 Å². The lowest BCUT2D eigenvalue weighted by Gasteiger charge is -2.18. The Hall–Kier alpha value is -4.13. The summed E-state index contributed by atoms with van der Waals surface area (Å²) in [6.07, 6.45) is 3.80. The number of H-pyrrole nitrogens is 1. The maximum atomic E-state index is 13.2. The summed E-state index contributed by atoms with van der Waals surface area (Å²) in [6, 6.07) is 18.9. The third kappa shape index (κ3) is 3.73. The van der Waals surface area contributed by atoms with Gasteiger partial charge in [0, 0.05) is 24.6 Å². The van der Waals surface area contributed by atoms with E-state index in [-0.39, 0.29) is 5.91 Å². The van der Waals surface area contributed by atoms with E-state index in [0.717, 1.165) is 28.2 Å². The quantitative estimate of drug-likeness (QED) is 0.485. The van der Waals surface area contributed by atoms with Gasteiger partial charge in [0.15, 0.2) is 0 Å². The average Bonchev–Trinajstić information content (AvgIpc) is 3.52. The van der Waals surface area contributed by atoms with Gasteiger partial charge in [0.1, 0.15) is 28.9 Å². The SMILES string of the molecule is COc1ccc(C2=N/C(=C\c3ccco3)C(=O)N2CCc2nc3ccccc3[nH]2)cc1. The van der Waals surface area contributed by atoms with E-state index in [1.54, 1.807) is 36.5 Å². The predicted molar refractivity (Wildman–Crippen MR) is 118 cm³/mol. The van der Waals surface area contributed by atoms with E-state index >= 15 is 0 Å². The molecule has 4 aromatic rings. The molecular weight excluding hydrogens is 392 g/mol. The standard InChI is InChI=1S/C24H20N4O3/c1-30-17-10-8-16(9-11-17)23-27-21(15-18-5-4-14-31-18)24(29)28(23)13-12-22-25-19-6-2-3-7-20(19)26-22/h2-11,14-15H,12-13H2,1H3,(H,25,26)/b21-15-. The number of benzene rings is 2. The largest absolute Gasteiger partial charge is 0.497 e. The number of nitrogens with zero attached hydrogens (tertiary/aromatic N) is 3. The van der Waals surface area contributed by atoms with Crippen molar-refractivity contribution in [1.29, 1.82) is 0 Å². The number of hydrogen-bond acceptors (Lipinski definition) is 5. The Bertz CT molecular complexity index is 1250. The van der Waals surface area contributed by atoms with Crippen LogP contribution in [0.2, 0.25) is 0 Å². The summed E-state index contributed by atoms with van der Waals surface area (Å²) < 4.78 is 10.6. The maximum absolute atomic E-state index is 13.2. The summed E-state index contributed by atoms with van der Waals surface area (Å²) in [6.45, 7) is 0.443. The number of furan rings is 1. The Kier molecular flexibility index (Phi) is 4.84. The van der Waals surface area contributed by atoms with Gasteiger partial charge in [-0.3, -0.25) is 9.69 Å². The van der Waals surface area contributed by atoms with E-state index in [1.807, 2.05) is 48.5 Å². The number of amidine groups is 1. The number of aliphatic imine (C=N–C) groups is 1. The lowest BCUT2D eigenvalue weighted by molar-refractivity contribution is -0.122. The van der Waals surface area contributed by atoms with Gasteiger partial charge in [0.25, 0.3) is 5.91 Å². The zero-order valence-electron chi connectivity index (χ0n) is 16.9. The van der Waals surface area contributed by atoms with Crippen LogP contribution >= 0.6 is 0 Å². The number of carbonyl (C=O) groups excluding carboxylic acids is 1. The van der Waals surface area contributed by atoms with Crippen LogP contribution in [-0.4, -0.2) is 40.3 Å². The van der Waals surface area contributed by atoms with Gasteiger partial charge >= 0.3 is 0 Å². The van der Waals surface area contributed by atoms with Crippen molar-refractivity contribution in [2.45, 2.75) is 6.42 Å². The molecule has 2 aromatic heterocycles. The average molecular weight is 412 g/mol. The number of aromatic nitrogens is 2. The zero-order valence-corrected chi connectivity index (χ0v) is 16.9. The third-order valence-corrected chi connectivity index (χ3v) is 5.13. The highest BCUT2D eigenvalue weighted by atomic mass is 16.5. The molecule has 7 nitrogen and oxygen atoms in total. The van der Waals surface area contributed by atoms with Crippen molar-refractivity contribution in [2.75, 3.05) is 13.7 Å². The smallest absolute Gasteiger partial charge is 0.278 e. The first kappa shape index (κ1) is 18.9. The first-order valence-corrected chi connectivity index (χ1v) is 9.95. The second-order valence-corrected chi connectivity index (χ2v) is 7.12. The molecule has 7 heteroatoms. The fraction of sp³-hybridized carbons (Fsp3) is 0.125. The molecule has 0 bridgehead atoms. The summed E-state index contributed by atoms with van der Waals surface area (Å²) >= 11 is 0. The number of methoxy groups -OCH3 is 1. The molecule has 0 saturated heterocycles. The molecule has 0 unspecified atom stereocenters. The van der Waals surface area contributed by atoms with E-state index in [4.69, 9.17) is 9.15 Å². The number of hydrogen-bond donors (Lipinski definition) is 1. The fourth-order valence-electron chi connectivity index (χ4n) is 3.57. The van der Waals surface area contributed by atoms with Crippen molar-refractivity contribution < 1.29 is 13.9 Å². The highest BCUT2D eigenvalue weighted by molar-refractivity contribution is 6.19. The number of para-hydroxylation sites is 2. The van der Waals surface area contributed by atoms with Crippen LogP contribution in [0.3, 0.4) is 0 Å². The topological polar surface area (TPSA) is 83.7 Å². The Balaban J connectivity index is 1.45. The Labute approximate surface area is 178 Å². The summed E-state index contributed by atoms with van der Waals surface area (Å²) in [5.41, 5.74) is 3.06. The molecule has 0 radical (unpaired) electrons. The number of ether oxygens (including phenoxy) is 1. The van der Waals surface area contributed by atoms with Crippen LogP contribution in [0.1, 0.15) is 17.1 Å². The Morgan fingerprint density at radius 1 is 1.10 bits per heavy atom. The van der Waals surface area contributed by atoms with Gasteiger partial charge in [-0.15, -0.1) is 0 Å². The molecule has 0 spiro atoms. The number of nitrogens with one attached hydrogen (secondary N) is 1. The minimum atomic E-state index is -0.168. The van der Waals surface area contributed by atoms with Crippen molar-refractivity contribution in [3.8, 4) is 5.75 Å². The highest BCUT2D eigenvalue weighted by Crippen LogP contribution is 2.24. The monoisotopic (exact) mass is 412 g/mol. The molecule has 1 amide bonds. The second-order valence-electron chi connectivity index (χ2n) is 7.12. The lowest BCUT2D eigenvalue weighted by atomic mass is 10.2. The van der Waals surface area contributed by atoms with Gasteiger partial charge in [0.05, 0.1) is 24.4 Å². The summed E-state index contributed by atoms with van der Waals surface area (Å²) in [5.74, 6) is 2.58. The molecule has 154 valence electrons. The van der Waals surface area contributed by atoms with Gasteiger partial charge < -0.3 is 14.1 Å². The van der Waals surface area contributed by atoms with Crippen LogP contribution in [-0.2, 0) is 11.2 Å². The van der Waals surface area contributed by atoms with Crippen molar-refractivity contribution in [2.24, 2.45) is 4.99 Å². The van der Waals surface area contributed by atoms with Crippen molar-refractivity contribution in [3.05, 3.63) is 89.8 Å². The molecule has 31 heavy (non-hydrogen) atoms. The molecule has 1 aliphatic rings. The van der Waals surface area contributed by atoms with Gasteiger partial charge in [-0.2, -0.15) is 0 Å². The number of aromatic amines is 1. The van der Waals surface area contributed by atoms with E-state index < -0.39 is 0 Å². The van der Waals surface area contributed by atoms with Crippen LogP contribution in [0.25, 0.3) is 17.1 Å². The highest BCUT2D eigenvalue weighted by Gasteiger charge is 2.31. The number of carbonyl (C=O) groups is 1. The second kappa shape index (κ2) is 7.95. The van der Waals surface area contributed by atoms with Crippen LogP contribution in [0.5, 0.6) is 5.75 Å². The minimum Gasteiger partial charge on any atom is -0.497 e. The lowest BCUT2D eigenvalue weighted by Crippen LogP contribution is -2.34. The number of rotatable bonds is 6. The Morgan fingerprint density at radius 3 is 2.68 bits per heavy atom. The van der Waals surface area contributed by atoms with Crippen molar-refractivity contribution in [1.82, 2.24) is 14.9 Å². The molecule has 5 rings (SSSR count). The zero-order chi connectivity index (χ0) is 21.2. The molecule has 0 saturated carbocycles. The summed E-state index contributed by atoms with van der Waals surface area (Å²) in [7, 11) is 1.62. The molecule has 0 aliphatic carbocycles. The van der Waals surface area contributed by atoms with Crippen LogP contribution in [0.4, 0.5) is 0 Å². The van der Waals surface area contributed by atoms with E-state index in [1.165, 1.54) is 0 Å². The molecule has 0 fully saturated rings. The number of imidazole rings is 1. The van der Waals surface area contributed by atoms with E-state index in [2.05, 4.69) is 15.0 Å². The predicted octanol–water partition coefficient (Wildman–Crippen LogP) is 4.04. The van der Waals surface area contributed by atoms with Crippen LogP contribution < -0.4 is 4.74 Å². The number of fused-ring (bicyclic) bond motifs is 1. The molecule has 2 aromatic carbocycles. The summed E-state index contributed by atoms with van der Waals surface area (Å²) in [4.78, 5) is 27.4. The molecule has 3 heterocycles. The molecular formula is C24H20N4O3. The molecule has 1 N–H and O–H groups in total. The van der Waals surface area contributed by atoms with Gasteiger partial charge in [-0.1, -0.05) is 12.1 Å². The minimum absolute atomic E-state index is 0.168. The fourth-order valence-corrected chi connectivity index (χ4v) is 3.57. The molecule has 1 aliphatic heterocycles. The van der Waals surface area contributed by atoms with Gasteiger partial charge in [-0.05, 0) is 48.5 Å². The first-order chi connectivity index (χ1) is 15.2. The van der Waals surface area contributed by atoms with Crippen LogP contribution in [0.15, 0.2) is 82.0 Å². The normalized spacial score (nSPS) is 15.1. The van der Waals surface area contributed by atoms with Crippen molar-refractivity contribution in [3.63, 3.8) is 0 Å². The first-order valence-electron chi connectivity index (χ1n) is 9.95. The van der Waals surface area contributed by atoms with Gasteiger partial charge in [0.2, 0.25) is 0 Å². The molecule has 0 atom stereocenters. The number of amides is 1.